The van der Waals surface area contributed by atoms with Gasteiger partial charge in [-0.1, -0.05) is 0 Å². The Morgan fingerprint density at radius 2 is 0.643 bits per heavy atom. The first-order valence-electron chi connectivity index (χ1n) is 8.67. The molecule has 28 heavy (non-hydrogen) atoms. The molecule has 0 unspecified atom stereocenters. The van der Waals surface area contributed by atoms with Crippen molar-refractivity contribution in [1.29, 1.82) is 0 Å². The summed E-state index contributed by atoms with van der Waals surface area (Å²) in [5.74, 6) is -2.36. The summed E-state index contributed by atoms with van der Waals surface area (Å²) in [6.07, 6.45) is 0. The van der Waals surface area contributed by atoms with Gasteiger partial charge < -0.3 is 37.9 Å². The van der Waals surface area contributed by atoms with Gasteiger partial charge in [-0.2, -0.15) is 0 Å². The van der Waals surface area contributed by atoms with Crippen molar-refractivity contribution >= 4 is 11.6 Å². The van der Waals surface area contributed by atoms with Gasteiger partial charge in [0.2, 0.25) is 23.0 Å². The standard InChI is InChI=1S/C18H28O10/c1-21-5-9-25-15-13(19)17(27-11-7-23-3)18(28-12-8-24-4)14(20)16(15)26-10-6-22-2/h5-12H2,1-4H3. The monoisotopic (exact) mass is 404 g/mol. The molecular formula is C18H28O10. The van der Waals surface area contributed by atoms with Crippen LogP contribution < -0.4 is 0 Å². The number of carbonyl (C=O) groups is 2. The van der Waals surface area contributed by atoms with E-state index in [1.54, 1.807) is 0 Å². The molecule has 0 saturated heterocycles. The molecule has 10 heteroatoms. The summed E-state index contributed by atoms with van der Waals surface area (Å²) in [5, 5.41) is 0. The Hall–Kier alpha value is -2.14. The van der Waals surface area contributed by atoms with Crippen LogP contribution in [-0.4, -0.2) is 92.9 Å². The van der Waals surface area contributed by atoms with Crippen molar-refractivity contribution < 1.29 is 47.5 Å². The summed E-state index contributed by atoms with van der Waals surface area (Å²) >= 11 is 0. The zero-order valence-corrected chi connectivity index (χ0v) is 16.7. The van der Waals surface area contributed by atoms with Crippen LogP contribution in [0.2, 0.25) is 0 Å². The first-order chi connectivity index (χ1) is 13.6. The van der Waals surface area contributed by atoms with E-state index in [-0.39, 0.29) is 75.9 Å². The summed E-state index contributed by atoms with van der Waals surface area (Å²) in [6, 6.07) is 0. The van der Waals surface area contributed by atoms with E-state index >= 15 is 0 Å². The Kier molecular flexibility index (Phi) is 11.9. The maximum atomic E-state index is 12.9. The van der Waals surface area contributed by atoms with Gasteiger partial charge in [0, 0.05) is 28.4 Å². The van der Waals surface area contributed by atoms with Crippen LogP contribution in [0.1, 0.15) is 0 Å². The molecule has 0 amide bonds. The molecule has 0 N–H and O–H groups in total. The molecular weight excluding hydrogens is 376 g/mol. The second kappa shape index (κ2) is 13.9. The molecule has 1 aliphatic carbocycles. The zero-order valence-electron chi connectivity index (χ0n) is 16.7. The fourth-order valence-corrected chi connectivity index (χ4v) is 2.05. The second-order valence-corrected chi connectivity index (χ2v) is 5.34. The highest BCUT2D eigenvalue weighted by Crippen LogP contribution is 2.28. The van der Waals surface area contributed by atoms with Crippen LogP contribution in [0, 0.1) is 0 Å². The maximum absolute atomic E-state index is 12.9. The molecule has 0 fully saturated rings. The molecule has 0 heterocycles. The lowest BCUT2D eigenvalue weighted by atomic mass is 10.0. The molecule has 0 bridgehead atoms. The van der Waals surface area contributed by atoms with E-state index in [1.807, 2.05) is 0 Å². The van der Waals surface area contributed by atoms with Crippen LogP contribution in [0.4, 0.5) is 0 Å². The molecule has 10 nitrogen and oxygen atoms in total. The highest BCUT2D eigenvalue weighted by Gasteiger charge is 2.40. The van der Waals surface area contributed by atoms with E-state index in [9.17, 15) is 9.59 Å². The predicted molar refractivity (Wildman–Crippen MR) is 95.4 cm³/mol. The summed E-state index contributed by atoms with van der Waals surface area (Å²) in [5.41, 5.74) is 0. The Morgan fingerprint density at radius 3 is 0.821 bits per heavy atom. The topological polar surface area (TPSA) is 108 Å². The number of ether oxygens (including phenoxy) is 8. The number of hydrogen-bond donors (Lipinski definition) is 0. The van der Waals surface area contributed by atoms with Gasteiger partial charge in [0.05, 0.1) is 26.4 Å². The summed E-state index contributed by atoms with van der Waals surface area (Å²) < 4.78 is 41.5. The van der Waals surface area contributed by atoms with Gasteiger partial charge in [0.25, 0.3) is 11.6 Å². The Labute approximate surface area is 164 Å². The van der Waals surface area contributed by atoms with Crippen LogP contribution >= 0.6 is 0 Å². The normalized spacial score (nSPS) is 14.6. The average molecular weight is 404 g/mol. The molecule has 0 atom stereocenters. The lowest BCUT2D eigenvalue weighted by molar-refractivity contribution is -0.128. The fourth-order valence-electron chi connectivity index (χ4n) is 2.05. The Morgan fingerprint density at radius 1 is 0.429 bits per heavy atom. The van der Waals surface area contributed by atoms with Gasteiger partial charge in [-0.05, 0) is 0 Å². The highest BCUT2D eigenvalue weighted by atomic mass is 16.6. The van der Waals surface area contributed by atoms with Gasteiger partial charge in [0.1, 0.15) is 26.4 Å². The molecule has 0 aromatic carbocycles. The zero-order chi connectivity index (χ0) is 20.8. The smallest absolute Gasteiger partial charge is 0.270 e. The van der Waals surface area contributed by atoms with Gasteiger partial charge in [-0.25, -0.2) is 0 Å². The van der Waals surface area contributed by atoms with Gasteiger partial charge in [0.15, 0.2) is 0 Å². The van der Waals surface area contributed by atoms with E-state index in [2.05, 4.69) is 0 Å². The number of Topliss-reactive ketones (excluding diaryl/α,β-unsaturated/α-hetero) is 2. The third-order valence-corrected chi connectivity index (χ3v) is 3.37. The van der Waals surface area contributed by atoms with E-state index < -0.39 is 11.6 Å². The first kappa shape index (κ1) is 23.9. The first-order valence-corrected chi connectivity index (χ1v) is 8.67. The molecule has 1 aliphatic rings. The third kappa shape index (κ3) is 7.12. The Balaban J connectivity index is 3.15. The highest BCUT2D eigenvalue weighted by molar-refractivity contribution is 6.21. The molecule has 0 saturated carbocycles. The number of carbonyl (C=O) groups excluding carboxylic acids is 2. The van der Waals surface area contributed by atoms with Crippen molar-refractivity contribution in [2.45, 2.75) is 0 Å². The average Bonchev–Trinajstić information content (AvgIpc) is 2.69. The van der Waals surface area contributed by atoms with Crippen molar-refractivity contribution in [2.75, 3.05) is 81.3 Å². The van der Waals surface area contributed by atoms with Crippen molar-refractivity contribution in [1.82, 2.24) is 0 Å². The van der Waals surface area contributed by atoms with E-state index in [0.29, 0.717) is 0 Å². The molecule has 160 valence electrons. The number of hydrogen-bond acceptors (Lipinski definition) is 10. The lowest BCUT2D eigenvalue weighted by Gasteiger charge is -2.23. The number of methoxy groups -OCH3 is 4. The molecule has 1 rings (SSSR count). The number of rotatable bonds is 16. The molecule has 0 spiro atoms. The SMILES string of the molecule is COCCOC1=C(OCCOC)C(=O)C(OCCOC)=C(OCCOC)C1=O. The molecule has 0 aliphatic heterocycles. The van der Waals surface area contributed by atoms with E-state index in [1.165, 1.54) is 28.4 Å². The summed E-state index contributed by atoms with van der Waals surface area (Å²) in [6.45, 7) is 1.07. The quantitative estimate of drug-likeness (QED) is 0.262. The van der Waals surface area contributed by atoms with Crippen LogP contribution in [0.3, 0.4) is 0 Å². The third-order valence-electron chi connectivity index (χ3n) is 3.37. The fraction of sp³-hybridized carbons (Fsp3) is 0.667. The van der Waals surface area contributed by atoms with Crippen LogP contribution in [-0.2, 0) is 47.5 Å². The predicted octanol–water partition coefficient (Wildman–Crippen LogP) is 0.213. The minimum Gasteiger partial charge on any atom is -0.484 e. The second-order valence-electron chi connectivity index (χ2n) is 5.34. The minimum absolute atomic E-state index is 0.0488. The van der Waals surface area contributed by atoms with Gasteiger partial charge in [-0.15, -0.1) is 0 Å². The summed E-state index contributed by atoms with van der Waals surface area (Å²) in [7, 11) is 5.95. The van der Waals surface area contributed by atoms with E-state index in [4.69, 9.17) is 37.9 Å². The van der Waals surface area contributed by atoms with Gasteiger partial charge >= 0.3 is 0 Å². The van der Waals surface area contributed by atoms with Gasteiger partial charge in [-0.3, -0.25) is 9.59 Å². The van der Waals surface area contributed by atoms with Crippen LogP contribution in [0.25, 0.3) is 0 Å². The molecule has 0 aromatic heterocycles. The van der Waals surface area contributed by atoms with Crippen molar-refractivity contribution in [3.63, 3.8) is 0 Å². The van der Waals surface area contributed by atoms with Crippen molar-refractivity contribution in [3.8, 4) is 0 Å². The Bertz CT molecular complexity index is 473. The minimum atomic E-state index is -0.661. The van der Waals surface area contributed by atoms with Crippen LogP contribution in [0.15, 0.2) is 23.0 Å². The number of ketones is 2. The van der Waals surface area contributed by atoms with E-state index in [0.717, 1.165) is 0 Å². The van der Waals surface area contributed by atoms with Crippen molar-refractivity contribution in [3.05, 3.63) is 23.0 Å². The maximum Gasteiger partial charge on any atom is 0.270 e. The lowest BCUT2D eigenvalue weighted by Crippen LogP contribution is -2.31. The molecule has 0 aromatic rings. The largest absolute Gasteiger partial charge is 0.484 e. The summed E-state index contributed by atoms with van der Waals surface area (Å²) in [4.78, 5) is 25.8. The molecule has 0 radical (unpaired) electrons. The van der Waals surface area contributed by atoms with Crippen LogP contribution in [0.5, 0.6) is 0 Å². The van der Waals surface area contributed by atoms with Crippen molar-refractivity contribution in [2.24, 2.45) is 0 Å².